The molecule has 1 atom stereocenters. The molecule has 0 saturated heterocycles. The average molecular weight is 312 g/mol. The van der Waals surface area contributed by atoms with Gasteiger partial charge in [-0.3, -0.25) is 0 Å². The summed E-state index contributed by atoms with van der Waals surface area (Å²) < 4.78 is 13.9. The molecular formula is C16H16Cl2FN. The molecule has 0 aliphatic heterocycles. The number of nitrogens with one attached hydrogen (secondary N) is 1. The van der Waals surface area contributed by atoms with Crippen LogP contribution >= 0.6 is 23.2 Å². The smallest absolute Gasteiger partial charge is 0.127 e. The van der Waals surface area contributed by atoms with Crippen LogP contribution < -0.4 is 5.32 Å². The Morgan fingerprint density at radius 3 is 2.40 bits per heavy atom. The predicted octanol–water partition coefficient (Wildman–Crippen LogP) is 4.68. The molecule has 1 nitrogen and oxygen atoms in total. The van der Waals surface area contributed by atoms with E-state index < -0.39 is 0 Å². The first kappa shape index (κ1) is 15.3. The van der Waals surface area contributed by atoms with Gasteiger partial charge in [0, 0.05) is 28.1 Å². The van der Waals surface area contributed by atoms with Gasteiger partial charge in [0.25, 0.3) is 0 Å². The third-order valence-corrected chi connectivity index (χ3v) is 3.91. The van der Waals surface area contributed by atoms with Gasteiger partial charge in [-0.05, 0) is 43.3 Å². The highest BCUT2D eigenvalue weighted by Gasteiger charge is 2.16. The van der Waals surface area contributed by atoms with Crippen molar-refractivity contribution in [1.29, 1.82) is 0 Å². The van der Waals surface area contributed by atoms with E-state index in [2.05, 4.69) is 5.32 Å². The van der Waals surface area contributed by atoms with Gasteiger partial charge in [-0.15, -0.1) is 0 Å². The van der Waals surface area contributed by atoms with Gasteiger partial charge in [-0.25, -0.2) is 4.39 Å². The highest BCUT2D eigenvalue weighted by Crippen LogP contribution is 2.27. The molecule has 2 rings (SSSR count). The molecule has 1 N–H and O–H groups in total. The number of likely N-dealkylation sites (N-methyl/N-ethyl adjacent to an activating group) is 1. The molecule has 0 aliphatic rings. The Morgan fingerprint density at radius 1 is 1.10 bits per heavy atom. The fourth-order valence-electron chi connectivity index (χ4n) is 2.26. The molecule has 0 saturated carbocycles. The van der Waals surface area contributed by atoms with Gasteiger partial charge < -0.3 is 5.32 Å². The molecule has 0 aliphatic carbocycles. The van der Waals surface area contributed by atoms with E-state index in [0.717, 1.165) is 12.1 Å². The summed E-state index contributed by atoms with van der Waals surface area (Å²) >= 11 is 12.0. The molecule has 0 fully saturated rings. The minimum atomic E-state index is -0.257. The molecule has 0 aromatic heterocycles. The van der Waals surface area contributed by atoms with E-state index in [-0.39, 0.29) is 11.7 Å². The Morgan fingerprint density at radius 2 is 1.80 bits per heavy atom. The molecular weight excluding hydrogens is 296 g/mol. The normalized spacial score (nSPS) is 12.4. The van der Waals surface area contributed by atoms with Crippen LogP contribution in [-0.4, -0.2) is 13.6 Å². The van der Waals surface area contributed by atoms with Crippen molar-refractivity contribution in [2.24, 2.45) is 0 Å². The van der Waals surface area contributed by atoms with Crippen LogP contribution in [0, 0.1) is 5.82 Å². The quantitative estimate of drug-likeness (QED) is 0.845. The van der Waals surface area contributed by atoms with Crippen molar-refractivity contribution in [2.75, 3.05) is 13.6 Å². The number of rotatable bonds is 5. The minimum absolute atomic E-state index is 0.145. The van der Waals surface area contributed by atoms with Gasteiger partial charge >= 0.3 is 0 Å². The molecule has 0 radical (unpaired) electrons. The summed E-state index contributed by atoms with van der Waals surface area (Å²) in [6.45, 7) is 0.742. The summed E-state index contributed by atoms with van der Waals surface area (Å²) in [6.07, 6.45) is 0.550. The second kappa shape index (κ2) is 7.07. The number of halogens is 3. The largest absolute Gasteiger partial charge is 0.319 e. The van der Waals surface area contributed by atoms with Crippen molar-refractivity contribution in [2.45, 2.75) is 12.3 Å². The molecule has 2 aromatic rings. The second-order valence-corrected chi connectivity index (χ2v) is 5.55. The minimum Gasteiger partial charge on any atom is -0.319 e. The van der Waals surface area contributed by atoms with Gasteiger partial charge in [0.1, 0.15) is 5.82 Å². The maximum atomic E-state index is 13.9. The van der Waals surface area contributed by atoms with Gasteiger partial charge in [0.2, 0.25) is 0 Å². The first-order chi connectivity index (χ1) is 9.61. The lowest BCUT2D eigenvalue weighted by Gasteiger charge is -2.18. The molecule has 0 amide bonds. The van der Waals surface area contributed by atoms with Crippen molar-refractivity contribution < 1.29 is 4.39 Å². The van der Waals surface area contributed by atoms with Crippen molar-refractivity contribution in [1.82, 2.24) is 5.32 Å². The Bertz CT molecular complexity index is 549. The second-order valence-electron chi connectivity index (χ2n) is 4.71. The predicted molar refractivity (Wildman–Crippen MR) is 83.2 cm³/mol. The zero-order valence-corrected chi connectivity index (χ0v) is 12.7. The average Bonchev–Trinajstić information content (AvgIpc) is 2.43. The molecule has 20 heavy (non-hydrogen) atoms. The molecule has 0 spiro atoms. The lowest BCUT2D eigenvalue weighted by Crippen LogP contribution is -2.19. The Labute approximate surface area is 128 Å². The Hall–Kier alpha value is -1.09. The maximum absolute atomic E-state index is 13.9. The lowest BCUT2D eigenvalue weighted by molar-refractivity contribution is 0.574. The summed E-state index contributed by atoms with van der Waals surface area (Å²) in [5, 5.41) is 4.31. The fraction of sp³-hybridized carbons (Fsp3) is 0.250. The van der Waals surface area contributed by atoms with Gasteiger partial charge in [0.15, 0.2) is 0 Å². The standard InChI is InChI=1S/C16H16Cl2FN/c1-20-10-12(11-5-7-13(17)8-6-11)9-14-15(18)3-2-4-16(14)19/h2-8,12,20H,9-10H2,1H3. The number of hydrogen-bond donors (Lipinski definition) is 1. The van der Waals surface area contributed by atoms with Gasteiger partial charge in [-0.1, -0.05) is 41.4 Å². The van der Waals surface area contributed by atoms with E-state index in [1.54, 1.807) is 12.1 Å². The molecule has 0 heterocycles. The van der Waals surface area contributed by atoms with Crippen LogP contribution in [0.4, 0.5) is 4.39 Å². The summed E-state index contributed by atoms with van der Waals surface area (Å²) in [5.74, 6) is -0.112. The topological polar surface area (TPSA) is 12.0 Å². The van der Waals surface area contributed by atoms with Gasteiger partial charge in [0.05, 0.1) is 0 Å². The van der Waals surface area contributed by atoms with E-state index in [1.165, 1.54) is 6.07 Å². The Kier molecular flexibility index (Phi) is 5.41. The zero-order chi connectivity index (χ0) is 14.5. The molecule has 0 bridgehead atoms. The zero-order valence-electron chi connectivity index (χ0n) is 11.2. The van der Waals surface area contributed by atoms with Crippen LogP contribution in [-0.2, 0) is 6.42 Å². The summed E-state index contributed by atoms with van der Waals surface area (Å²) in [5.41, 5.74) is 1.67. The monoisotopic (exact) mass is 311 g/mol. The van der Waals surface area contributed by atoms with Crippen LogP contribution in [0.2, 0.25) is 10.0 Å². The van der Waals surface area contributed by atoms with Crippen molar-refractivity contribution in [3.63, 3.8) is 0 Å². The number of hydrogen-bond acceptors (Lipinski definition) is 1. The fourth-order valence-corrected chi connectivity index (χ4v) is 2.63. The van der Waals surface area contributed by atoms with Crippen LogP contribution in [0.5, 0.6) is 0 Å². The third kappa shape index (κ3) is 3.72. The molecule has 1 unspecified atom stereocenters. The summed E-state index contributed by atoms with van der Waals surface area (Å²) in [7, 11) is 1.88. The molecule has 4 heteroatoms. The highest BCUT2D eigenvalue weighted by atomic mass is 35.5. The van der Waals surface area contributed by atoms with Crippen LogP contribution in [0.3, 0.4) is 0 Å². The SMILES string of the molecule is CNCC(Cc1c(F)cccc1Cl)c1ccc(Cl)cc1. The van der Waals surface area contributed by atoms with E-state index in [4.69, 9.17) is 23.2 Å². The lowest BCUT2D eigenvalue weighted by atomic mass is 9.91. The number of benzene rings is 2. The first-order valence-corrected chi connectivity index (χ1v) is 7.20. The highest BCUT2D eigenvalue weighted by molar-refractivity contribution is 6.31. The van der Waals surface area contributed by atoms with E-state index in [1.807, 2.05) is 31.3 Å². The molecule has 106 valence electrons. The van der Waals surface area contributed by atoms with Crippen LogP contribution in [0.1, 0.15) is 17.0 Å². The van der Waals surface area contributed by atoms with Crippen molar-refractivity contribution >= 4 is 23.2 Å². The van der Waals surface area contributed by atoms with Crippen molar-refractivity contribution in [3.8, 4) is 0 Å². The third-order valence-electron chi connectivity index (χ3n) is 3.30. The summed E-state index contributed by atoms with van der Waals surface area (Å²) in [4.78, 5) is 0. The van der Waals surface area contributed by atoms with E-state index >= 15 is 0 Å². The van der Waals surface area contributed by atoms with E-state index in [9.17, 15) is 4.39 Å². The van der Waals surface area contributed by atoms with Crippen LogP contribution in [0.15, 0.2) is 42.5 Å². The summed E-state index contributed by atoms with van der Waals surface area (Å²) in [6, 6.07) is 12.4. The Balaban J connectivity index is 2.28. The maximum Gasteiger partial charge on any atom is 0.127 e. The molecule has 2 aromatic carbocycles. The van der Waals surface area contributed by atoms with Gasteiger partial charge in [-0.2, -0.15) is 0 Å². The van der Waals surface area contributed by atoms with E-state index in [0.29, 0.717) is 22.0 Å². The van der Waals surface area contributed by atoms with Crippen LogP contribution in [0.25, 0.3) is 0 Å². The van der Waals surface area contributed by atoms with Crippen molar-refractivity contribution in [3.05, 3.63) is 69.5 Å². The first-order valence-electron chi connectivity index (χ1n) is 6.44.